The average Bonchev–Trinajstić information content (AvgIpc) is 3.24. The summed E-state index contributed by atoms with van der Waals surface area (Å²) in [5.74, 6) is -0.345. The van der Waals surface area contributed by atoms with Crippen LogP contribution in [-0.2, 0) is 26.0 Å². The van der Waals surface area contributed by atoms with E-state index in [1.54, 1.807) is 36.4 Å². The molecular weight excluding hydrogens is 388 g/mol. The number of benzene rings is 2. The molecule has 1 amide bonds. The van der Waals surface area contributed by atoms with Gasteiger partial charge in [-0.2, -0.15) is 0 Å². The van der Waals surface area contributed by atoms with Crippen LogP contribution >= 0.6 is 0 Å². The average molecular weight is 417 g/mol. The first kappa shape index (κ1) is 21.3. The van der Waals surface area contributed by atoms with Crippen LogP contribution in [0.5, 0.6) is 0 Å². The second-order valence-electron chi connectivity index (χ2n) is 7.25. The summed E-state index contributed by atoms with van der Waals surface area (Å²) in [6, 6.07) is 14.0. The van der Waals surface area contributed by atoms with E-state index in [2.05, 4.69) is 5.32 Å². The normalized spacial score (nSPS) is 16.6. The minimum absolute atomic E-state index is 0.00373. The number of hydrogen-bond acceptors (Lipinski definition) is 4. The predicted molar refractivity (Wildman–Crippen MR) is 114 cm³/mol. The number of rotatable bonds is 8. The highest BCUT2D eigenvalue weighted by atomic mass is 32.2. The SMILES string of the molecule is CCc1ccccc1N(CC(=O)NC[C@H]1CCCO1)S(=O)(=O)c1ccc(C)cc1. The maximum absolute atomic E-state index is 13.4. The molecule has 6 nitrogen and oxygen atoms in total. The van der Waals surface area contributed by atoms with Gasteiger partial charge in [-0.25, -0.2) is 8.42 Å². The molecule has 1 aliphatic rings. The van der Waals surface area contributed by atoms with Gasteiger partial charge in [-0.3, -0.25) is 9.10 Å². The minimum atomic E-state index is -3.89. The molecule has 0 saturated carbocycles. The Morgan fingerprint density at radius 1 is 1.17 bits per heavy atom. The Morgan fingerprint density at radius 3 is 2.55 bits per heavy atom. The van der Waals surface area contributed by atoms with Crippen LogP contribution in [0.25, 0.3) is 0 Å². The molecule has 156 valence electrons. The Bertz CT molecular complexity index is 936. The van der Waals surface area contributed by atoms with Gasteiger partial charge in [0.15, 0.2) is 0 Å². The van der Waals surface area contributed by atoms with E-state index in [4.69, 9.17) is 4.74 Å². The number of carbonyl (C=O) groups excluding carboxylic acids is 1. The molecule has 2 aromatic carbocycles. The number of nitrogens with zero attached hydrogens (tertiary/aromatic N) is 1. The van der Waals surface area contributed by atoms with E-state index in [0.29, 0.717) is 25.3 Å². The summed E-state index contributed by atoms with van der Waals surface area (Å²) >= 11 is 0. The first-order valence-corrected chi connectivity index (χ1v) is 11.4. The molecule has 3 rings (SSSR count). The highest BCUT2D eigenvalue weighted by molar-refractivity contribution is 7.92. The first-order chi connectivity index (χ1) is 13.9. The Hall–Kier alpha value is -2.38. The first-order valence-electron chi connectivity index (χ1n) is 9.97. The van der Waals surface area contributed by atoms with Gasteiger partial charge in [-0.05, 0) is 49.9 Å². The van der Waals surface area contributed by atoms with Gasteiger partial charge in [0.05, 0.1) is 16.7 Å². The van der Waals surface area contributed by atoms with Crippen LogP contribution in [0.3, 0.4) is 0 Å². The molecule has 1 N–H and O–H groups in total. The van der Waals surface area contributed by atoms with Crippen molar-refractivity contribution in [2.45, 2.75) is 44.1 Å². The molecule has 2 aromatic rings. The molecule has 1 aliphatic heterocycles. The van der Waals surface area contributed by atoms with E-state index in [9.17, 15) is 13.2 Å². The fourth-order valence-corrected chi connectivity index (χ4v) is 4.87. The number of amides is 1. The molecule has 29 heavy (non-hydrogen) atoms. The Kier molecular flexibility index (Phi) is 6.92. The highest BCUT2D eigenvalue weighted by Gasteiger charge is 2.29. The van der Waals surface area contributed by atoms with Crippen molar-refractivity contribution in [3.63, 3.8) is 0 Å². The predicted octanol–water partition coefficient (Wildman–Crippen LogP) is 3.05. The van der Waals surface area contributed by atoms with Crippen LogP contribution < -0.4 is 9.62 Å². The number of ether oxygens (including phenoxy) is 1. The molecule has 0 bridgehead atoms. The van der Waals surface area contributed by atoms with Crippen LogP contribution in [-0.4, -0.2) is 40.1 Å². The van der Waals surface area contributed by atoms with Gasteiger partial charge in [0.2, 0.25) is 5.91 Å². The summed E-state index contributed by atoms with van der Waals surface area (Å²) in [6.07, 6.45) is 2.56. The van der Waals surface area contributed by atoms with Crippen molar-refractivity contribution in [3.8, 4) is 0 Å². The lowest BCUT2D eigenvalue weighted by Gasteiger charge is -2.26. The standard InChI is InChI=1S/C22H28N2O4S/c1-3-18-7-4-5-9-21(18)24(16-22(25)23-15-19-8-6-14-28-19)29(26,27)20-12-10-17(2)11-13-20/h4-5,7,9-13,19H,3,6,8,14-16H2,1-2H3,(H,23,25)/t19-/m1/s1. The molecular formula is C22H28N2O4S. The fraction of sp³-hybridized carbons (Fsp3) is 0.409. The lowest BCUT2D eigenvalue weighted by molar-refractivity contribution is -0.120. The van der Waals surface area contributed by atoms with Gasteiger partial charge in [-0.15, -0.1) is 0 Å². The zero-order valence-corrected chi connectivity index (χ0v) is 17.7. The van der Waals surface area contributed by atoms with Crippen molar-refractivity contribution in [1.29, 1.82) is 0 Å². The largest absolute Gasteiger partial charge is 0.376 e. The zero-order chi connectivity index (χ0) is 20.9. The van der Waals surface area contributed by atoms with E-state index in [-0.39, 0.29) is 23.5 Å². The van der Waals surface area contributed by atoms with Crippen molar-refractivity contribution in [1.82, 2.24) is 5.32 Å². The maximum atomic E-state index is 13.4. The minimum Gasteiger partial charge on any atom is -0.376 e. The van der Waals surface area contributed by atoms with Gasteiger partial charge in [0, 0.05) is 13.2 Å². The zero-order valence-electron chi connectivity index (χ0n) is 16.9. The Labute approximate surface area is 172 Å². The molecule has 1 saturated heterocycles. The van der Waals surface area contributed by atoms with Gasteiger partial charge >= 0.3 is 0 Å². The number of sulfonamides is 1. The molecule has 0 aliphatic carbocycles. The summed E-state index contributed by atoms with van der Waals surface area (Å²) in [6.45, 7) is 4.69. The van der Waals surface area contributed by atoms with E-state index in [1.165, 1.54) is 4.31 Å². The van der Waals surface area contributed by atoms with Crippen LogP contribution in [0.1, 0.15) is 30.9 Å². The number of aryl methyl sites for hydroxylation is 2. The highest BCUT2D eigenvalue weighted by Crippen LogP contribution is 2.27. The molecule has 0 spiro atoms. The third kappa shape index (κ3) is 5.16. The quantitative estimate of drug-likeness (QED) is 0.718. The molecule has 1 fully saturated rings. The topological polar surface area (TPSA) is 75.7 Å². The summed E-state index contributed by atoms with van der Waals surface area (Å²) in [5.41, 5.74) is 2.37. The second-order valence-corrected chi connectivity index (χ2v) is 9.11. The lowest BCUT2D eigenvalue weighted by Crippen LogP contribution is -2.43. The summed E-state index contributed by atoms with van der Waals surface area (Å²) in [5, 5.41) is 2.82. The van der Waals surface area contributed by atoms with E-state index in [0.717, 1.165) is 24.0 Å². The van der Waals surface area contributed by atoms with Crippen molar-refractivity contribution in [2.75, 3.05) is 24.0 Å². The van der Waals surface area contributed by atoms with Gasteiger partial charge in [-0.1, -0.05) is 42.8 Å². The van der Waals surface area contributed by atoms with Crippen LogP contribution in [0, 0.1) is 6.92 Å². The van der Waals surface area contributed by atoms with Gasteiger partial charge in [0.1, 0.15) is 6.54 Å². The molecule has 7 heteroatoms. The number of anilines is 1. The number of hydrogen-bond donors (Lipinski definition) is 1. The third-order valence-corrected chi connectivity index (χ3v) is 6.86. The van der Waals surface area contributed by atoms with E-state index in [1.807, 2.05) is 26.0 Å². The molecule has 1 atom stereocenters. The van der Waals surface area contributed by atoms with Crippen LogP contribution in [0.15, 0.2) is 53.4 Å². The van der Waals surface area contributed by atoms with Crippen LogP contribution in [0.2, 0.25) is 0 Å². The summed E-state index contributed by atoms with van der Waals surface area (Å²) in [7, 11) is -3.89. The van der Waals surface area contributed by atoms with E-state index >= 15 is 0 Å². The maximum Gasteiger partial charge on any atom is 0.264 e. The molecule has 0 unspecified atom stereocenters. The second kappa shape index (κ2) is 9.41. The smallest absolute Gasteiger partial charge is 0.264 e. The fourth-order valence-electron chi connectivity index (χ4n) is 3.41. The number of nitrogens with one attached hydrogen (secondary N) is 1. The van der Waals surface area contributed by atoms with Crippen molar-refractivity contribution < 1.29 is 17.9 Å². The van der Waals surface area contributed by atoms with Crippen molar-refractivity contribution >= 4 is 21.6 Å². The number of carbonyl (C=O) groups is 1. The molecule has 0 aromatic heterocycles. The van der Waals surface area contributed by atoms with E-state index < -0.39 is 10.0 Å². The molecule has 0 radical (unpaired) electrons. The Balaban J connectivity index is 1.89. The summed E-state index contributed by atoms with van der Waals surface area (Å²) < 4.78 is 33.6. The third-order valence-electron chi connectivity index (χ3n) is 5.09. The summed E-state index contributed by atoms with van der Waals surface area (Å²) in [4.78, 5) is 12.8. The monoisotopic (exact) mass is 416 g/mol. The lowest BCUT2D eigenvalue weighted by atomic mass is 10.1. The number of para-hydroxylation sites is 1. The van der Waals surface area contributed by atoms with Gasteiger partial charge in [0.25, 0.3) is 10.0 Å². The van der Waals surface area contributed by atoms with Crippen LogP contribution in [0.4, 0.5) is 5.69 Å². The van der Waals surface area contributed by atoms with Crippen molar-refractivity contribution in [2.24, 2.45) is 0 Å². The van der Waals surface area contributed by atoms with Crippen molar-refractivity contribution in [3.05, 3.63) is 59.7 Å². The Morgan fingerprint density at radius 2 is 1.90 bits per heavy atom. The van der Waals surface area contributed by atoms with Gasteiger partial charge < -0.3 is 10.1 Å². The molecule has 1 heterocycles.